The summed E-state index contributed by atoms with van der Waals surface area (Å²) >= 11 is 2.11. The van der Waals surface area contributed by atoms with Gasteiger partial charge in [-0.3, -0.25) is 0 Å². The van der Waals surface area contributed by atoms with E-state index in [1.807, 2.05) is 0 Å². The maximum absolute atomic E-state index is 3.69. The average molecular weight is 277 g/mol. The van der Waals surface area contributed by atoms with Gasteiger partial charge in [-0.1, -0.05) is 44.9 Å². The van der Waals surface area contributed by atoms with E-state index in [2.05, 4.69) is 55.2 Å². The van der Waals surface area contributed by atoms with E-state index in [1.165, 1.54) is 49.0 Å². The highest BCUT2D eigenvalue weighted by Crippen LogP contribution is 2.38. The molecule has 1 unspecified atom stereocenters. The third-order valence-electron chi connectivity index (χ3n) is 3.94. The molecule has 1 aliphatic rings. The van der Waals surface area contributed by atoms with Crippen LogP contribution in [0.2, 0.25) is 0 Å². The topological polar surface area (TPSA) is 12.0 Å². The SMILES string of the molecule is CCCNC(CC)c1ccccc1SC1CCCC1. The molecular weight excluding hydrogens is 250 g/mol. The van der Waals surface area contributed by atoms with Crippen molar-refractivity contribution in [2.75, 3.05) is 6.54 Å². The molecule has 1 aromatic carbocycles. The van der Waals surface area contributed by atoms with Gasteiger partial charge >= 0.3 is 0 Å². The number of rotatable bonds is 7. The zero-order valence-electron chi connectivity index (χ0n) is 12.3. The van der Waals surface area contributed by atoms with Crippen LogP contribution in [-0.2, 0) is 0 Å². The fourth-order valence-electron chi connectivity index (χ4n) is 2.85. The van der Waals surface area contributed by atoms with Gasteiger partial charge in [0.2, 0.25) is 0 Å². The Balaban J connectivity index is 2.09. The summed E-state index contributed by atoms with van der Waals surface area (Å²) in [5.41, 5.74) is 1.51. The number of thioether (sulfide) groups is 1. The molecule has 2 rings (SSSR count). The molecule has 1 fully saturated rings. The minimum Gasteiger partial charge on any atom is -0.310 e. The molecule has 1 aliphatic carbocycles. The van der Waals surface area contributed by atoms with Crippen LogP contribution in [-0.4, -0.2) is 11.8 Å². The van der Waals surface area contributed by atoms with Crippen molar-refractivity contribution in [3.05, 3.63) is 29.8 Å². The lowest BCUT2D eigenvalue weighted by molar-refractivity contribution is 0.512. The Labute approximate surface area is 122 Å². The quantitative estimate of drug-likeness (QED) is 0.737. The van der Waals surface area contributed by atoms with Gasteiger partial charge in [-0.2, -0.15) is 0 Å². The smallest absolute Gasteiger partial charge is 0.0328 e. The van der Waals surface area contributed by atoms with E-state index in [-0.39, 0.29) is 0 Å². The van der Waals surface area contributed by atoms with E-state index in [4.69, 9.17) is 0 Å². The molecule has 0 saturated heterocycles. The molecule has 0 aliphatic heterocycles. The number of benzene rings is 1. The van der Waals surface area contributed by atoms with Crippen molar-refractivity contribution in [3.8, 4) is 0 Å². The zero-order valence-corrected chi connectivity index (χ0v) is 13.1. The number of hydrogen-bond acceptors (Lipinski definition) is 2. The second-order valence-electron chi connectivity index (χ2n) is 5.48. The van der Waals surface area contributed by atoms with E-state index in [9.17, 15) is 0 Å². The molecule has 0 amide bonds. The van der Waals surface area contributed by atoms with Crippen LogP contribution in [0.5, 0.6) is 0 Å². The van der Waals surface area contributed by atoms with Gasteiger partial charge in [0.1, 0.15) is 0 Å². The van der Waals surface area contributed by atoms with Gasteiger partial charge in [0.25, 0.3) is 0 Å². The Morgan fingerprint density at radius 3 is 2.63 bits per heavy atom. The third kappa shape index (κ3) is 4.25. The van der Waals surface area contributed by atoms with Crippen molar-refractivity contribution in [3.63, 3.8) is 0 Å². The first-order chi connectivity index (χ1) is 9.35. The lowest BCUT2D eigenvalue weighted by Crippen LogP contribution is -2.22. The van der Waals surface area contributed by atoms with Crippen LogP contribution in [0.15, 0.2) is 29.2 Å². The second kappa shape index (κ2) is 7.96. The van der Waals surface area contributed by atoms with Gasteiger partial charge in [-0.05, 0) is 43.9 Å². The van der Waals surface area contributed by atoms with Crippen molar-refractivity contribution < 1.29 is 0 Å². The van der Waals surface area contributed by atoms with Gasteiger partial charge in [0.15, 0.2) is 0 Å². The number of hydrogen-bond donors (Lipinski definition) is 1. The summed E-state index contributed by atoms with van der Waals surface area (Å²) < 4.78 is 0. The summed E-state index contributed by atoms with van der Waals surface area (Å²) in [5, 5.41) is 4.54. The largest absolute Gasteiger partial charge is 0.310 e. The van der Waals surface area contributed by atoms with Gasteiger partial charge in [-0.25, -0.2) is 0 Å². The van der Waals surface area contributed by atoms with Crippen molar-refractivity contribution in [2.24, 2.45) is 0 Å². The summed E-state index contributed by atoms with van der Waals surface area (Å²) in [6.45, 7) is 5.63. The molecule has 0 aromatic heterocycles. The van der Waals surface area contributed by atoms with Crippen molar-refractivity contribution in [1.29, 1.82) is 0 Å². The third-order valence-corrected chi connectivity index (χ3v) is 5.37. The molecule has 106 valence electrons. The Bertz CT molecular complexity index is 371. The van der Waals surface area contributed by atoms with Crippen LogP contribution in [0.4, 0.5) is 0 Å². The molecule has 0 spiro atoms. The van der Waals surface area contributed by atoms with E-state index in [0.29, 0.717) is 6.04 Å². The fraction of sp³-hybridized carbons (Fsp3) is 0.647. The van der Waals surface area contributed by atoms with Crippen LogP contribution in [0, 0.1) is 0 Å². The number of nitrogens with one attached hydrogen (secondary N) is 1. The summed E-state index contributed by atoms with van der Waals surface area (Å²) in [5.74, 6) is 0. The average Bonchev–Trinajstić information content (AvgIpc) is 2.94. The maximum atomic E-state index is 3.69. The molecule has 1 nitrogen and oxygen atoms in total. The molecule has 1 aromatic rings. The molecular formula is C17H27NS. The Morgan fingerprint density at radius 1 is 1.21 bits per heavy atom. The van der Waals surface area contributed by atoms with E-state index < -0.39 is 0 Å². The van der Waals surface area contributed by atoms with E-state index in [1.54, 1.807) is 0 Å². The first-order valence-corrected chi connectivity index (χ1v) is 8.72. The van der Waals surface area contributed by atoms with Crippen molar-refractivity contribution in [2.45, 2.75) is 68.6 Å². The van der Waals surface area contributed by atoms with Crippen LogP contribution in [0.3, 0.4) is 0 Å². The Kier molecular flexibility index (Phi) is 6.25. The lowest BCUT2D eigenvalue weighted by atomic mass is 10.0. The highest BCUT2D eigenvalue weighted by molar-refractivity contribution is 8.00. The summed E-state index contributed by atoms with van der Waals surface area (Å²) in [4.78, 5) is 1.50. The first kappa shape index (κ1) is 14.9. The van der Waals surface area contributed by atoms with Gasteiger partial charge in [0.05, 0.1) is 0 Å². The normalized spacial score (nSPS) is 17.8. The molecule has 0 radical (unpaired) electrons. The molecule has 2 heteroatoms. The lowest BCUT2D eigenvalue weighted by Gasteiger charge is -2.21. The Hall–Kier alpha value is -0.470. The maximum Gasteiger partial charge on any atom is 0.0328 e. The monoisotopic (exact) mass is 277 g/mol. The summed E-state index contributed by atoms with van der Waals surface area (Å²) in [6.07, 6.45) is 8.02. The van der Waals surface area contributed by atoms with Crippen LogP contribution < -0.4 is 5.32 Å². The molecule has 1 atom stereocenters. The van der Waals surface area contributed by atoms with Crippen molar-refractivity contribution >= 4 is 11.8 Å². The predicted molar refractivity (Wildman–Crippen MR) is 85.9 cm³/mol. The van der Waals surface area contributed by atoms with E-state index in [0.717, 1.165) is 11.8 Å². The van der Waals surface area contributed by atoms with Crippen LogP contribution in [0.1, 0.15) is 64.0 Å². The standard InChI is InChI=1S/C17H27NS/c1-3-13-18-16(4-2)15-11-7-8-12-17(15)19-14-9-5-6-10-14/h7-8,11-12,14,16,18H,3-6,9-10,13H2,1-2H3. The van der Waals surface area contributed by atoms with Gasteiger partial charge < -0.3 is 5.32 Å². The Morgan fingerprint density at radius 2 is 1.95 bits per heavy atom. The molecule has 1 saturated carbocycles. The van der Waals surface area contributed by atoms with Gasteiger partial charge in [-0.15, -0.1) is 11.8 Å². The van der Waals surface area contributed by atoms with Crippen LogP contribution in [0.25, 0.3) is 0 Å². The van der Waals surface area contributed by atoms with Gasteiger partial charge in [0, 0.05) is 16.2 Å². The minimum absolute atomic E-state index is 0.519. The van der Waals surface area contributed by atoms with Crippen molar-refractivity contribution in [1.82, 2.24) is 5.32 Å². The minimum atomic E-state index is 0.519. The molecule has 0 heterocycles. The summed E-state index contributed by atoms with van der Waals surface area (Å²) in [7, 11) is 0. The fourth-order valence-corrected chi connectivity index (χ4v) is 4.29. The first-order valence-electron chi connectivity index (χ1n) is 7.84. The molecule has 1 N–H and O–H groups in total. The highest BCUT2D eigenvalue weighted by atomic mass is 32.2. The molecule has 19 heavy (non-hydrogen) atoms. The summed E-state index contributed by atoms with van der Waals surface area (Å²) in [6, 6.07) is 9.52. The predicted octanol–water partition coefficient (Wildman–Crippen LogP) is 5.17. The highest BCUT2D eigenvalue weighted by Gasteiger charge is 2.19. The van der Waals surface area contributed by atoms with Crippen LogP contribution >= 0.6 is 11.8 Å². The second-order valence-corrected chi connectivity index (χ2v) is 6.82. The van der Waals surface area contributed by atoms with E-state index >= 15 is 0 Å². The molecule has 0 bridgehead atoms. The zero-order chi connectivity index (χ0) is 13.5.